The van der Waals surface area contributed by atoms with Crippen molar-refractivity contribution in [3.63, 3.8) is 0 Å². The molecule has 1 heterocycles. The van der Waals surface area contributed by atoms with E-state index >= 15 is 0 Å². The lowest BCUT2D eigenvalue weighted by Gasteiger charge is -2.40. The standard InChI is InChI=1S/C14H25N3/c1-4-17-13(6-8-16-17)12-9-14(2,3)7-5-11(12)10-15/h6,8,11-12H,4-5,7,9-10,15H2,1-3H3. The molecule has 2 unspecified atom stereocenters. The third-order valence-electron chi connectivity index (χ3n) is 4.27. The predicted octanol–water partition coefficient (Wildman–Crippen LogP) is 2.77. The van der Waals surface area contributed by atoms with E-state index in [2.05, 4.69) is 36.6 Å². The topological polar surface area (TPSA) is 43.8 Å². The lowest BCUT2D eigenvalue weighted by Crippen LogP contribution is -2.33. The molecule has 0 aromatic carbocycles. The van der Waals surface area contributed by atoms with Gasteiger partial charge in [-0.15, -0.1) is 0 Å². The molecule has 2 N–H and O–H groups in total. The van der Waals surface area contributed by atoms with Gasteiger partial charge in [0.05, 0.1) is 0 Å². The molecular weight excluding hydrogens is 210 g/mol. The summed E-state index contributed by atoms with van der Waals surface area (Å²) >= 11 is 0. The van der Waals surface area contributed by atoms with Crippen LogP contribution in [0, 0.1) is 11.3 Å². The highest BCUT2D eigenvalue weighted by Gasteiger charge is 2.36. The second-order valence-electron chi connectivity index (χ2n) is 6.08. The maximum atomic E-state index is 5.95. The Hall–Kier alpha value is -0.830. The first-order chi connectivity index (χ1) is 8.07. The SMILES string of the molecule is CCn1nccc1C1CC(C)(C)CCC1CN. The van der Waals surface area contributed by atoms with Crippen LogP contribution >= 0.6 is 0 Å². The molecule has 0 aliphatic heterocycles. The van der Waals surface area contributed by atoms with Crippen molar-refractivity contribution in [2.24, 2.45) is 17.1 Å². The lowest BCUT2D eigenvalue weighted by atomic mass is 9.66. The fourth-order valence-corrected chi connectivity index (χ4v) is 3.19. The van der Waals surface area contributed by atoms with E-state index in [1.807, 2.05) is 6.20 Å². The molecule has 1 aliphatic rings. The highest BCUT2D eigenvalue weighted by Crippen LogP contribution is 2.46. The average molecular weight is 235 g/mol. The minimum Gasteiger partial charge on any atom is -0.330 e. The van der Waals surface area contributed by atoms with Gasteiger partial charge in [-0.25, -0.2) is 0 Å². The van der Waals surface area contributed by atoms with Gasteiger partial charge in [-0.1, -0.05) is 13.8 Å². The highest BCUT2D eigenvalue weighted by atomic mass is 15.3. The summed E-state index contributed by atoms with van der Waals surface area (Å²) in [7, 11) is 0. The molecule has 17 heavy (non-hydrogen) atoms. The monoisotopic (exact) mass is 235 g/mol. The maximum absolute atomic E-state index is 5.95. The smallest absolute Gasteiger partial charge is 0.0492 e. The van der Waals surface area contributed by atoms with Crippen LogP contribution in [0.2, 0.25) is 0 Å². The summed E-state index contributed by atoms with van der Waals surface area (Å²) in [5, 5.41) is 4.40. The normalized spacial score (nSPS) is 28.2. The Bertz CT molecular complexity index is 367. The molecule has 1 fully saturated rings. The van der Waals surface area contributed by atoms with E-state index < -0.39 is 0 Å². The molecule has 1 saturated carbocycles. The second kappa shape index (κ2) is 4.81. The number of hydrogen-bond acceptors (Lipinski definition) is 2. The summed E-state index contributed by atoms with van der Waals surface area (Å²) in [5.74, 6) is 1.22. The third kappa shape index (κ3) is 2.54. The van der Waals surface area contributed by atoms with Gasteiger partial charge in [0.15, 0.2) is 0 Å². The zero-order chi connectivity index (χ0) is 12.5. The molecule has 3 heteroatoms. The second-order valence-corrected chi connectivity index (χ2v) is 6.08. The van der Waals surface area contributed by atoms with Gasteiger partial charge in [0.2, 0.25) is 0 Å². The van der Waals surface area contributed by atoms with Gasteiger partial charge < -0.3 is 5.73 Å². The van der Waals surface area contributed by atoms with Crippen LogP contribution in [0.5, 0.6) is 0 Å². The number of aryl methyl sites for hydroxylation is 1. The van der Waals surface area contributed by atoms with Crippen LogP contribution in [0.15, 0.2) is 12.3 Å². The summed E-state index contributed by atoms with van der Waals surface area (Å²) in [6.07, 6.45) is 5.71. The summed E-state index contributed by atoms with van der Waals surface area (Å²) in [4.78, 5) is 0. The Morgan fingerprint density at radius 1 is 1.53 bits per heavy atom. The first-order valence-electron chi connectivity index (χ1n) is 6.79. The zero-order valence-corrected chi connectivity index (χ0v) is 11.3. The number of hydrogen-bond donors (Lipinski definition) is 1. The van der Waals surface area contributed by atoms with E-state index in [0.29, 0.717) is 17.3 Å². The number of nitrogens with two attached hydrogens (primary N) is 1. The van der Waals surface area contributed by atoms with Crippen molar-refractivity contribution in [1.82, 2.24) is 9.78 Å². The minimum atomic E-state index is 0.444. The Kier molecular flexibility index (Phi) is 3.57. The predicted molar refractivity (Wildman–Crippen MR) is 70.8 cm³/mol. The van der Waals surface area contributed by atoms with Crippen LogP contribution in [0.25, 0.3) is 0 Å². The molecule has 96 valence electrons. The highest BCUT2D eigenvalue weighted by molar-refractivity contribution is 5.12. The summed E-state index contributed by atoms with van der Waals surface area (Å²) in [5.41, 5.74) is 7.78. The van der Waals surface area contributed by atoms with Gasteiger partial charge in [0.1, 0.15) is 0 Å². The van der Waals surface area contributed by atoms with Crippen LogP contribution in [0.3, 0.4) is 0 Å². The van der Waals surface area contributed by atoms with Crippen LogP contribution in [0.4, 0.5) is 0 Å². The molecule has 0 spiro atoms. The first-order valence-corrected chi connectivity index (χ1v) is 6.79. The van der Waals surface area contributed by atoms with Gasteiger partial charge in [-0.05, 0) is 50.1 Å². The van der Waals surface area contributed by atoms with Crippen molar-refractivity contribution in [3.8, 4) is 0 Å². The van der Waals surface area contributed by atoms with Crippen molar-refractivity contribution in [1.29, 1.82) is 0 Å². The molecule has 1 aromatic rings. The average Bonchev–Trinajstić information content (AvgIpc) is 2.75. The fourth-order valence-electron chi connectivity index (χ4n) is 3.19. The largest absolute Gasteiger partial charge is 0.330 e. The van der Waals surface area contributed by atoms with Crippen molar-refractivity contribution < 1.29 is 0 Å². The van der Waals surface area contributed by atoms with E-state index in [9.17, 15) is 0 Å². The van der Waals surface area contributed by atoms with E-state index in [1.165, 1.54) is 25.0 Å². The van der Waals surface area contributed by atoms with E-state index in [1.54, 1.807) is 0 Å². The van der Waals surface area contributed by atoms with Gasteiger partial charge in [0.25, 0.3) is 0 Å². The van der Waals surface area contributed by atoms with Crippen LogP contribution in [-0.4, -0.2) is 16.3 Å². The van der Waals surface area contributed by atoms with E-state index in [4.69, 9.17) is 5.73 Å². The van der Waals surface area contributed by atoms with Gasteiger partial charge in [-0.3, -0.25) is 4.68 Å². The molecule has 3 nitrogen and oxygen atoms in total. The Balaban J connectivity index is 2.26. The molecule has 1 aromatic heterocycles. The van der Waals surface area contributed by atoms with Crippen molar-refractivity contribution in [2.45, 2.75) is 52.5 Å². The number of aromatic nitrogens is 2. The Morgan fingerprint density at radius 3 is 2.94 bits per heavy atom. The third-order valence-corrected chi connectivity index (χ3v) is 4.27. The molecule has 2 rings (SSSR count). The lowest BCUT2D eigenvalue weighted by molar-refractivity contribution is 0.160. The van der Waals surface area contributed by atoms with Gasteiger partial charge in [-0.2, -0.15) is 5.10 Å². The summed E-state index contributed by atoms with van der Waals surface area (Å²) in [6, 6.07) is 2.18. The minimum absolute atomic E-state index is 0.444. The summed E-state index contributed by atoms with van der Waals surface area (Å²) < 4.78 is 2.13. The van der Waals surface area contributed by atoms with Crippen LogP contribution in [-0.2, 0) is 6.54 Å². The molecule has 0 bridgehead atoms. The van der Waals surface area contributed by atoms with Crippen molar-refractivity contribution in [3.05, 3.63) is 18.0 Å². The van der Waals surface area contributed by atoms with Crippen molar-refractivity contribution >= 4 is 0 Å². The molecule has 0 saturated heterocycles. The van der Waals surface area contributed by atoms with Crippen molar-refractivity contribution in [2.75, 3.05) is 6.54 Å². The molecule has 1 aliphatic carbocycles. The van der Waals surface area contributed by atoms with Crippen LogP contribution in [0.1, 0.15) is 51.6 Å². The molecule has 0 radical (unpaired) electrons. The van der Waals surface area contributed by atoms with Gasteiger partial charge >= 0.3 is 0 Å². The number of rotatable bonds is 3. The molecule has 0 amide bonds. The molecular formula is C14H25N3. The Morgan fingerprint density at radius 2 is 2.29 bits per heavy atom. The Labute approximate surface area is 104 Å². The summed E-state index contributed by atoms with van der Waals surface area (Å²) in [6.45, 7) is 8.66. The van der Waals surface area contributed by atoms with Gasteiger partial charge in [0, 0.05) is 24.4 Å². The zero-order valence-electron chi connectivity index (χ0n) is 11.3. The van der Waals surface area contributed by atoms with E-state index in [0.717, 1.165) is 13.1 Å². The first kappa shape index (κ1) is 12.6. The van der Waals surface area contributed by atoms with Crippen LogP contribution < -0.4 is 5.73 Å². The molecule has 2 atom stereocenters. The maximum Gasteiger partial charge on any atom is 0.0492 e. The van der Waals surface area contributed by atoms with E-state index in [-0.39, 0.29) is 0 Å². The number of nitrogens with zero attached hydrogens (tertiary/aromatic N) is 2. The fraction of sp³-hybridized carbons (Fsp3) is 0.786. The quantitative estimate of drug-likeness (QED) is 0.875.